The monoisotopic (exact) mass is 237 g/mol. The van der Waals surface area contributed by atoms with E-state index in [2.05, 4.69) is 24.4 Å². The van der Waals surface area contributed by atoms with E-state index in [4.69, 9.17) is 16.2 Å². The molecule has 1 rings (SSSR count). The fourth-order valence-corrected chi connectivity index (χ4v) is 1.70. The fourth-order valence-electron chi connectivity index (χ4n) is 1.70. The highest BCUT2D eigenvalue weighted by molar-refractivity contribution is 5.37. The molecule has 4 nitrogen and oxygen atoms in total. The molecule has 0 spiro atoms. The zero-order valence-electron chi connectivity index (χ0n) is 10.7. The van der Waals surface area contributed by atoms with Gasteiger partial charge in [0.2, 0.25) is 0 Å². The van der Waals surface area contributed by atoms with E-state index in [9.17, 15) is 0 Å². The Morgan fingerprint density at radius 2 is 2.18 bits per heavy atom. The van der Waals surface area contributed by atoms with Crippen LogP contribution in [0.2, 0.25) is 0 Å². The third-order valence-corrected chi connectivity index (χ3v) is 2.76. The maximum absolute atomic E-state index is 5.73. The summed E-state index contributed by atoms with van der Waals surface area (Å²) in [7, 11) is 1.70. The molecule has 0 bridgehead atoms. The Kier molecular flexibility index (Phi) is 5.97. The molecule has 1 atom stereocenters. The van der Waals surface area contributed by atoms with Crippen LogP contribution >= 0.6 is 0 Å². The van der Waals surface area contributed by atoms with Crippen molar-refractivity contribution in [2.24, 2.45) is 11.5 Å². The van der Waals surface area contributed by atoms with Gasteiger partial charge < -0.3 is 21.5 Å². The molecule has 0 saturated carbocycles. The second-order valence-corrected chi connectivity index (χ2v) is 4.13. The van der Waals surface area contributed by atoms with E-state index in [1.54, 1.807) is 7.11 Å². The van der Waals surface area contributed by atoms with E-state index in [1.807, 2.05) is 6.07 Å². The van der Waals surface area contributed by atoms with E-state index in [0.717, 1.165) is 25.3 Å². The number of aryl methyl sites for hydroxylation is 1. The van der Waals surface area contributed by atoms with Gasteiger partial charge in [-0.2, -0.15) is 0 Å². The van der Waals surface area contributed by atoms with Gasteiger partial charge in [-0.05, 0) is 23.6 Å². The summed E-state index contributed by atoms with van der Waals surface area (Å²) < 4.78 is 5.29. The second kappa shape index (κ2) is 7.27. The molecular formula is C13H23N3O. The van der Waals surface area contributed by atoms with Crippen molar-refractivity contribution in [3.63, 3.8) is 0 Å². The summed E-state index contributed by atoms with van der Waals surface area (Å²) in [5, 5.41) is 3.30. The topological polar surface area (TPSA) is 73.3 Å². The van der Waals surface area contributed by atoms with Crippen LogP contribution in [0, 0.1) is 0 Å². The molecule has 1 unspecified atom stereocenters. The van der Waals surface area contributed by atoms with Crippen LogP contribution in [0.1, 0.15) is 18.1 Å². The summed E-state index contributed by atoms with van der Waals surface area (Å²) in [4.78, 5) is 0. The summed E-state index contributed by atoms with van der Waals surface area (Å²) in [6.45, 7) is 4.18. The molecule has 0 aliphatic carbocycles. The number of nitrogens with one attached hydrogen (secondary N) is 1. The molecule has 4 heteroatoms. The lowest BCUT2D eigenvalue weighted by molar-refractivity contribution is 0.410. The van der Waals surface area contributed by atoms with Crippen molar-refractivity contribution in [2.45, 2.75) is 25.9 Å². The van der Waals surface area contributed by atoms with Crippen LogP contribution in [0.5, 0.6) is 5.75 Å². The molecule has 0 saturated heterocycles. The van der Waals surface area contributed by atoms with Crippen LogP contribution in [-0.2, 0) is 13.0 Å². The highest BCUT2D eigenvalue weighted by Gasteiger charge is 2.03. The number of ether oxygens (including phenoxy) is 1. The molecule has 1 aromatic rings. The third-order valence-electron chi connectivity index (χ3n) is 2.76. The molecule has 0 fully saturated rings. The van der Waals surface area contributed by atoms with Gasteiger partial charge in [-0.3, -0.25) is 0 Å². The van der Waals surface area contributed by atoms with Gasteiger partial charge in [0.1, 0.15) is 5.75 Å². The van der Waals surface area contributed by atoms with Crippen LogP contribution in [0.3, 0.4) is 0 Å². The standard InChI is InChI=1S/C13H23N3O/c1-3-11-6-10(4-5-13(11)17-2)8-16-9-12(15)7-14/h4-6,12,16H,3,7-9,14-15H2,1-2H3. The lowest BCUT2D eigenvalue weighted by atomic mass is 10.1. The Balaban J connectivity index is 2.54. The zero-order chi connectivity index (χ0) is 12.7. The first-order valence-electron chi connectivity index (χ1n) is 6.03. The molecule has 0 amide bonds. The van der Waals surface area contributed by atoms with Gasteiger partial charge in [-0.1, -0.05) is 19.1 Å². The van der Waals surface area contributed by atoms with Crippen molar-refractivity contribution < 1.29 is 4.74 Å². The average molecular weight is 237 g/mol. The summed E-state index contributed by atoms with van der Waals surface area (Å²) >= 11 is 0. The Morgan fingerprint density at radius 1 is 1.41 bits per heavy atom. The number of hydrogen-bond donors (Lipinski definition) is 3. The van der Waals surface area contributed by atoms with Crippen LogP contribution in [0.4, 0.5) is 0 Å². The number of rotatable bonds is 7. The molecule has 17 heavy (non-hydrogen) atoms. The quantitative estimate of drug-likeness (QED) is 0.650. The molecule has 5 N–H and O–H groups in total. The molecule has 0 aliphatic rings. The van der Waals surface area contributed by atoms with Crippen molar-refractivity contribution in [2.75, 3.05) is 20.2 Å². The normalized spacial score (nSPS) is 12.5. The Labute approximate surface area is 103 Å². The van der Waals surface area contributed by atoms with Crippen molar-refractivity contribution in [1.82, 2.24) is 5.32 Å². The predicted octanol–water partition coefficient (Wildman–Crippen LogP) is 0.633. The van der Waals surface area contributed by atoms with E-state index >= 15 is 0 Å². The molecular weight excluding hydrogens is 214 g/mol. The van der Waals surface area contributed by atoms with Gasteiger partial charge in [-0.15, -0.1) is 0 Å². The van der Waals surface area contributed by atoms with Gasteiger partial charge in [0, 0.05) is 25.7 Å². The fraction of sp³-hybridized carbons (Fsp3) is 0.538. The second-order valence-electron chi connectivity index (χ2n) is 4.13. The van der Waals surface area contributed by atoms with Gasteiger partial charge in [0.05, 0.1) is 7.11 Å². The minimum absolute atomic E-state index is 0.0268. The lowest BCUT2D eigenvalue weighted by Gasteiger charge is -2.12. The lowest BCUT2D eigenvalue weighted by Crippen LogP contribution is -2.39. The van der Waals surface area contributed by atoms with Crippen molar-refractivity contribution >= 4 is 0 Å². The SMILES string of the molecule is CCc1cc(CNCC(N)CN)ccc1OC. The van der Waals surface area contributed by atoms with Crippen LogP contribution < -0.4 is 21.5 Å². The molecule has 96 valence electrons. The van der Waals surface area contributed by atoms with E-state index in [0.29, 0.717) is 6.54 Å². The summed E-state index contributed by atoms with van der Waals surface area (Å²) in [6, 6.07) is 6.27. The smallest absolute Gasteiger partial charge is 0.122 e. The molecule has 0 aromatic heterocycles. The first kappa shape index (κ1) is 14.0. The number of nitrogens with two attached hydrogens (primary N) is 2. The Bertz CT molecular complexity index is 341. The largest absolute Gasteiger partial charge is 0.496 e. The van der Waals surface area contributed by atoms with Crippen molar-refractivity contribution in [1.29, 1.82) is 0 Å². The molecule has 0 radical (unpaired) electrons. The van der Waals surface area contributed by atoms with Crippen molar-refractivity contribution in [3.05, 3.63) is 29.3 Å². The molecule has 0 heterocycles. The van der Waals surface area contributed by atoms with Gasteiger partial charge in [0.25, 0.3) is 0 Å². The zero-order valence-corrected chi connectivity index (χ0v) is 10.7. The Hall–Kier alpha value is -1.10. The highest BCUT2D eigenvalue weighted by Crippen LogP contribution is 2.20. The van der Waals surface area contributed by atoms with Crippen LogP contribution in [0.25, 0.3) is 0 Å². The first-order chi connectivity index (χ1) is 8.21. The summed E-state index contributed by atoms with van der Waals surface area (Å²) in [6.07, 6.45) is 0.972. The third kappa shape index (κ3) is 4.34. The van der Waals surface area contributed by atoms with Gasteiger partial charge >= 0.3 is 0 Å². The minimum atomic E-state index is 0.0268. The van der Waals surface area contributed by atoms with Crippen LogP contribution in [-0.4, -0.2) is 26.2 Å². The minimum Gasteiger partial charge on any atom is -0.496 e. The van der Waals surface area contributed by atoms with E-state index in [1.165, 1.54) is 11.1 Å². The average Bonchev–Trinajstić information content (AvgIpc) is 2.38. The Morgan fingerprint density at radius 3 is 2.76 bits per heavy atom. The van der Waals surface area contributed by atoms with E-state index < -0.39 is 0 Å². The summed E-state index contributed by atoms with van der Waals surface area (Å²) in [5.74, 6) is 0.954. The van der Waals surface area contributed by atoms with Crippen molar-refractivity contribution in [3.8, 4) is 5.75 Å². The predicted molar refractivity (Wildman–Crippen MR) is 71.1 cm³/mol. The van der Waals surface area contributed by atoms with Crippen LogP contribution in [0.15, 0.2) is 18.2 Å². The molecule has 1 aromatic carbocycles. The van der Waals surface area contributed by atoms with E-state index in [-0.39, 0.29) is 6.04 Å². The van der Waals surface area contributed by atoms with Gasteiger partial charge in [-0.25, -0.2) is 0 Å². The maximum atomic E-state index is 5.73. The first-order valence-corrected chi connectivity index (χ1v) is 6.03. The maximum Gasteiger partial charge on any atom is 0.122 e. The summed E-state index contributed by atoms with van der Waals surface area (Å²) in [5.41, 5.74) is 13.7. The highest BCUT2D eigenvalue weighted by atomic mass is 16.5. The number of hydrogen-bond acceptors (Lipinski definition) is 4. The van der Waals surface area contributed by atoms with Gasteiger partial charge in [0.15, 0.2) is 0 Å². The number of benzene rings is 1. The number of methoxy groups -OCH3 is 1. The molecule has 0 aliphatic heterocycles.